The van der Waals surface area contributed by atoms with Gasteiger partial charge >= 0.3 is 6.09 Å². The molecule has 0 spiro atoms. The summed E-state index contributed by atoms with van der Waals surface area (Å²) >= 11 is 0. The first-order chi connectivity index (χ1) is 14.1. The van der Waals surface area contributed by atoms with Crippen LogP contribution in [-0.2, 0) is 30.3 Å². The van der Waals surface area contributed by atoms with Crippen LogP contribution in [0.2, 0.25) is 0 Å². The molecule has 1 aliphatic rings. The van der Waals surface area contributed by atoms with Gasteiger partial charge in [-0.1, -0.05) is 30.3 Å². The van der Waals surface area contributed by atoms with E-state index < -0.39 is 42.3 Å². The second-order valence-electron chi connectivity index (χ2n) is 8.23. The van der Waals surface area contributed by atoms with Crippen molar-refractivity contribution in [3.05, 3.63) is 35.9 Å². The molecular formula is C21H33N3O6. The van der Waals surface area contributed by atoms with Gasteiger partial charge in [0.05, 0.1) is 18.8 Å². The molecule has 5 atom stereocenters. The summed E-state index contributed by atoms with van der Waals surface area (Å²) in [6, 6.07) is 8.27. The molecule has 1 fully saturated rings. The number of nitrogens with two attached hydrogens (primary N) is 1. The maximum atomic E-state index is 12.4. The summed E-state index contributed by atoms with van der Waals surface area (Å²) in [4.78, 5) is 23.7. The molecule has 1 aliphatic heterocycles. The second kappa shape index (κ2) is 10.7. The number of benzene rings is 1. The molecule has 0 bridgehead atoms. The standard InChI is InChI=1S/C21H33N3O6/c1-13(25)23-11-15-16(22)18(28-12-14-9-7-6-8-10-14)17(19(27-5)29-15)24-20(26)30-21(2,3)4/h6-10,15-19H,11-12,22H2,1-5H3,(H,23,25)(H,24,26)/t15-,16+,17+,18-,19+/m1/s1. The number of alkyl carbamates (subject to hydrolysis) is 1. The maximum absolute atomic E-state index is 12.4. The Morgan fingerprint density at radius 2 is 1.87 bits per heavy atom. The third kappa shape index (κ3) is 7.24. The van der Waals surface area contributed by atoms with Crippen LogP contribution in [0.3, 0.4) is 0 Å². The zero-order valence-electron chi connectivity index (χ0n) is 18.2. The lowest BCUT2D eigenvalue weighted by Gasteiger charge is -2.45. The first-order valence-corrected chi connectivity index (χ1v) is 9.94. The fourth-order valence-electron chi connectivity index (χ4n) is 3.16. The van der Waals surface area contributed by atoms with Crippen LogP contribution in [0.5, 0.6) is 0 Å². The van der Waals surface area contributed by atoms with E-state index in [1.54, 1.807) is 20.8 Å². The normalized spacial score (nSPS) is 26.7. The van der Waals surface area contributed by atoms with Crippen LogP contribution in [0, 0.1) is 0 Å². The van der Waals surface area contributed by atoms with E-state index in [0.29, 0.717) is 0 Å². The zero-order valence-corrected chi connectivity index (χ0v) is 18.2. The Balaban J connectivity index is 2.19. The summed E-state index contributed by atoms with van der Waals surface area (Å²) in [5.41, 5.74) is 6.72. The first kappa shape index (κ1) is 24.1. The van der Waals surface area contributed by atoms with Crippen molar-refractivity contribution in [2.75, 3.05) is 13.7 Å². The fraction of sp³-hybridized carbons (Fsp3) is 0.619. The summed E-state index contributed by atoms with van der Waals surface area (Å²) < 4.78 is 22.9. The molecule has 0 unspecified atom stereocenters. The van der Waals surface area contributed by atoms with E-state index in [2.05, 4.69) is 10.6 Å². The minimum absolute atomic E-state index is 0.195. The topological polar surface area (TPSA) is 121 Å². The average Bonchev–Trinajstić information content (AvgIpc) is 2.66. The van der Waals surface area contributed by atoms with E-state index in [-0.39, 0.29) is 19.1 Å². The molecule has 0 saturated carbocycles. The van der Waals surface area contributed by atoms with Crippen LogP contribution >= 0.6 is 0 Å². The monoisotopic (exact) mass is 423 g/mol. The fourth-order valence-corrected chi connectivity index (χ4v) is 3.16. The van der Waals surface area contributed by atoms with Crippen LogP contribution in [0.1, 0.15) is 33.3 Å². The number of ether oxygens (including phenoxy) is 4. The van der Waals surface area contributed by atoms with E-state index in [9.17, 15) is 9.59 Å². The number of carbonyl (C=O) groups excluding carboxylic acids is 2. The van der Waals surface area contributed by atoms with Crippen LogP contribution < -0.4 is 16.4 Å². The van der Waals surface area contributed by atoms with Gasteiger partial charge in [0.1, 0.15) is 17.7 Å². The minimum Gasteiger partial charge on any atom is -0.444 e. The van der Waals surface area contributed by atoms with Gasteiger partial charge in [0, 0.05) is 20.6 Å². The molecule has 9 heteroatoms. The molecule has 2 amide bonds. The highest BCUT2D eigenvalue weighted by Gasteiger charge is 2.46. The third-order valence-corrected chi connectivity index (χ3v) is 4.52. The van der Waals surface area contributed by atoms with Gasteiger partial charge in [-0.3, -0.25) is 4.79 Å². The number of amides is 2. The van der Waals surface area contributed by atoms with Crippen LogP contribution in [0.4, 0.5) is 4.79 Å². The molecule has 30 heavy (non-hydrogen) atoms. The predicted molar refractivity (Wildman–Crippen MR) is 111 cm³/mol. The lowest BCUT2D eigenvalue weighted by molar-refractivity contribution is -0.234. The highest BCUT2D eigenvalue weighted by molar-refractivity contribution is 5.72. The van der Waals surface area contributed by atoms with E-state index in [0.717, 1.165) is 5.56 Å². The molecule has 0 aliphatic carbocycles. The van der Waals surface area contributed by atoms with Crippen molar-refractivity contribution in [3.63, 3.8) is 0 Å². The predicted octanol–water partition coefficient (Wildman–Crippen LogP) is 1.30. The van der Waals surface area contributed by atoms with Gasteiger partial charge in [0.25, 0.3) is 0 Å². The molecule has 1 saturated heterocycles. The number of hydrogen-bond acceptors (Lipinski definition) is 7. The summed E-state index contributed by atoms with van der Waals surface area (Å²) in [7, 11) is 1.47. The van der Waals surface area contributed by atoms with Crippen molar-refractivity contribution in [2.45, 2.75) is 70.5 Å². The molecule has 1 aromatic carbocycles. The van der Waals surface area contributed by atoms with Crippen molar-refractivity contribution in [2.24, 2.45) is 5.73 Å². The van der Waals surface area contributed by atoms with E-state index in [4.69, 9.17) is 24.7 Å². The summed E-state index contributed by atoms with van der Waals surface area (Å²) in [6.45, 7) is 7.22. The Morgan fingerprint density at radius 1 is 1.20 bits per heavy atom. The molecule has 4 N–H and O–H groups in total. The first-order valence-electron chi connectivity index (χ1n) is 9.94. The van der Waals surface area contributed by atoms with Crippen LogP contribution in [-0.4, -0.2) is 61.8 Å². The Morgan fingerprint density at radius 3 is 2.43 bits per heavy atom. The van der Waals surface area contributed by atoms with Crippen molar-refractivity contribution < 1.29 is 28.5 Å². The number of rotatable bonds is 7. The maximum Gasteiger partial charge on any atom is 0.408 e. The Hall–Kier alpha value is -2.20. The number of nitrogens with one attached hydrogen (secondary N) is 2. The largest absolute Gasteiger partial charge is 0.444 e. The summed E-state index contributed by atoms with van der Waals surface area (Å²) in [5, 5.41) is 5.48. The Bertz CT molecular complexity index is 694. The highest BCUT2D eigenvalue weighted by atomic mass is 16.7. The Kier molecular flexibility index (Phi) is 8.60. The third-order valence-electron chi connectivity index (χ3n) is 4.52. The van der Waals surface area contributed by atoms with Crippen molar-refractivity contribution in [1.29, 1.82) is 0 Å². The number of methoxy groups -OCH3 is 1. The molecule has 1 aromatic rings. The van der Waals surface area contributed by atoms with Gasteiger partial charge in [-0.15, -0.1) is 0 Å². The smallest absolute Gasteiger partial charge is 0.408 e. The van der Waals surface area contributed by atoms with E-state index >= 15 is 0 Å². The van der Waals surface area contributed by atoms with Crippen LogP contribution in [0.25, 0.3) is 0 Å². The lowest BCUT2D eigenvalue weighted by Crippen LogP contribution is -2.68. The minimum atomic E-state index is -0.836. The summed E-state index contributed by atoms with van der Waals surface area (Å²) in [5.74, 6) is -0.199. The zero-order chi connectivity index (χ0) is 22.3. The number of carbonyl (C=O) groups is 2. The van der Waals surface area contributed by atoms with Crippen molar-refractivity contribution in [1.82, 2.24) is 10.6 Å². The van der Waals surface area contributed by atoms with E-state index in [1.165, 1.54) is 14.0 Å². The van der Waals surface area contributed by atoms with Gasteiger partial charge in [-0.05, 0) is 26.3 Å². The van der Waals surface area contributed by atoms with Crippen LogP contribution in [0.15, 0.2) is 30.3 Å². The van der Waals surface area contributed by atoms with Gasteiger partial charge in [0.15, 0.2) is 6.29 Å². The SMILES string of the molecule is CO[C@H]1O[C@H](CNC(C)=O)[C@H](N)[C@@H](OCc2ccccc2)[C@@H]1NC(=O)OC(C)(C)C. The highest BCUT2D eigenvalue weighted by Crippen LogP contribution is 2.24. The van der Waals surface area contributed by atoms with Crippen molar-refractivity contribution >= 4 is 12.0 Å². The molecule has 1 heterocycles. The molecule has 2 rings (SSSR count). The van der Waals surface area contributed by atoms with Crippen molar-refractivity contribution in [3.8, 4) is 0 Å². The Labute approximate surface area is 177 Å². The van der Waals surface area contributed by atoms with Gasteiger partial charge in [0.2, 0.25) is 5.91 Å². The van der Waals surface area contributed by atoms with Gasteiger partial charge < -0.3 is 35.3 Å². The summed E-state index contributed by atoms with van der Waals surface area (Å²) in [6.07, 6.45) is -2.66. The van der Waals surface area contributed by atoms with Gasteiger partial charge in [-0.2, -0.15) is 0 Å². The second-order valence-corrected chi connectivity index (χ2v) is 8.23. The molecule has 9 nitrogen and oxygen atoms in total. The molecule has 0 radical (unpaired) electrons. The molecular weight excluding hydrogens is 390 g/mol. The molecule has 168 valence electrons. The van der Waals surface area contributed by atoms with Gasteiger partial charge in [-0.25, -0.2) is 4.79 Å². The average molecular weight is 424 g/mol. The van der Waals surface area contributed by atoms with E-state index in [1.807, 2.05) is 30.3 Å². The number of hydrogen-bond donors (Lipinski definition) is 3. The quantitative estimate of drug-likeness (QED) is 0.604. The molecule has 0 aromatic heterocycles. The lowest BCUT2D eigenvalue weighted by atomic mass is 9.94.